The summed E-state index contributed by atoms with van der Waals surface area (Å²) in [6.45, 7) is 5.85. The van der Waals surface area contributed by atoms with Crippen LogP contribution in [0.2, 0.25) is 0 Å². The fourth-order valence-electron chi connectivity index (χ4n) is 4.26. The minimum atomic E-state index is 0.144. The van der Waals surface area contributed by atoms with Gasteiger partial charge in [0.25, 0.3) is 0 Å². The third-order valence-corrected chi connectivity index (χ3v) is 6.01. The molecule has 4 rings (SSSR count). The van der Waals surface area contributed by atoms with Gasteiger partial charge < -0.3 is 5.32 Å². The number of amides is 1. The standard InChI is InChI=1S/C25H31N3O/c29-25(23-11-15-27(16-12-23)19-21-7-3-1-4-8-21)26-24-13-17-28(18-14-24)20-22-9-5-2-6-10-22/h1-11,24H,12-20H2,(H,26,29). The molecular formula is C25H31N3O. The second-order valence-electron chi connectivity index (χ2n) is 8.21. The second kappa shape index (κ2) is 9.86. The molecule has 0 bridgehead atoms. The van der Waals surface area contributed by atoms with E-state index in [-0.39, 0.29) is 5.91 Å². The van der Waals surface area contributed by atoms with Crippen LogP contribution in [0, 0.1) is 0 Å². The Morgan fingerprint density at radius 3 is 1.97 bits per heavy atom. The van der Waals surface area contributed by atoms with Gasteiger partial charge in [-0.2, -0.15) is 0 Å². The molecule has 0 aliphatic carbocycles. The van der Waals surface area contributed by atoms with Crippen LogP contribution in [-0.2, 0) is 17.9 Å². The van der Waals surface area contributed by atoms with Crippen LogP contribution in [0.25, 0.3) is 0 Å². The van der Waals surface area contributed by atoms with Gasteiger partial charge in [0.05, 0.1) is 0 Å². The van der Waals surface area contributed by atoms with E-state index in [1.807, 2.05) is 6.07 Å². The zero-order valence-electron chi connectivity index (χ0n) is 17.1. The highest BCUT2D eigenvalue weighted by molar-refractivity contribution is 5.93. The highest BCUT2D eigenvalue weighted by atomic mass is 16.1. The maximum absolute atomic E-state index is 12.7. The van der Waals surface area contributed by atoms with Crippen LogP contribution in [0.15, 0.2) is 72.3 Å². The number of rotatable bonds is 6. The molecule has 0 saturated carbocycles. The van der Waals surface area contributed by atoms with Gasteiger partial charge >= 0.3 is 0 Å². The third kappa shape index (κ3) is 5.78. The summed E-state index contributed by atoms with van der Waals surface area (Å²) in [5.74, 6) is 0.144. The van der Waals surface area contributed by atoms with Crippen molar-refractivity contribution in [2.45, 2.75) is 38.4 Å². The second-order valence-corrected chi connectivity index (χ2v) is 8.21. The first-order chi connectivity index (χ1) is 14.3. The molecule has 2 aliphatic heterocycles. The summed E-state index contributed by atoms with van der Waals surface area (Å²) in [5.41, 5.74) is 3.65. The number of carbonyl (C=O) groups is 1. The monoisotopic (exact) mass is 389 g/mol. The fraction of sp³-hybridized carbons (Fsp3) is 0.400. The average Bonchev–Trinajstić information content (AvgIpc) is 2.77. The molecular weight excluding hydrogens is 358 g/mol. The lowest BCUT2D eigenvalue weighted by Crippen LogP contribution is -2.45. The Bertz CT molecular complexity index is 810. The van der Waals surface area contributed by atoms with E-state index >= 15 is 0 Å². The van der Waals surface area contributed by atoms with Crippen molar-refractivity contribution in [3.05, 3.63) is 83.4 Å². The van der Waals surface area contributed by atoms with Crippen molar-refractivity contribution in [3.8, 4) is 0 Å². The van der Waals surface area contributed by atoms with Gasteiger partial charge in [-0.05, 0) is 30.4 Å². The SMILES string of the molecule is O=C(NC1CCN(Cc2ccccc2)CC1)C1=CCN(Cc2ccccc2)CC1. The van der Waals surface area contributed by atoms with Crippen molar-refractivity contribution in [1.29, 1.82) is 0 Å². The quantitative estimate of drug-likeness (QED) is 0.820. The maximum atomic E-state index is 12.7. The number of carbonyl (C=O) groups excluding carboxylic acids is 1. The van der Waals surface area contributed by atoms with Gasteiger partial charge in [-0.25, -0.2) is 0 Å². The molecule has 152 valence electrons. The Morgan fingerprint density at radius 1 is 0.828 bits per heavy atom. The summed E-state index contributed by atoms with van der Waals surface area (Å²) in [4.78, 5) is 17.6. The van der Waals surface area contributed by atoms with Crippen molar-refractivity contribution in [3.63, 3.8) is 0 Å². The van der Waals surface area contributed by atoms with Crippen LogP contribution in [0.4, 0.5) is 0 Å². The summed E-state index contributed by atoms with van der Waals surface area (Å²) in [6.07, 6.45) is 5.02. The Kier molecular flexibility index (Phi) is 6.75. The zero-order valence-corrected chi connectivity index (χ0v) is 17.1. The molecule has 0 unspecified atom stereocenters. The molecule has 2 aromatic rings. The Labute approximate surface area is 174 Å². The van der Waals surface area contributed by atoms with Crippen molar-refractivity contribution in [2.75, 3.05) is 26.2 Å². The highest BCUT2D eigenvalue weighted by Crippen LogP contribution is 2.17. The molecule has 2 aromatic carbocycles. The number of hydrogen-bond acceptors (Lipinski definition) is 3. The predicted molar refractivity (Wildman–Crippen MR) is 117 cm³/mol. The van der Waals surface area contributed by atoms with Crippen LogP contribution in [0.5, 0.6) is 0 Å². The molecule has 4 nitrogen and oxygen atoms in total. The van der Waals surface area contributed by atoms with Gasteiger partial charge in [0.15, 0.2) is 0 Å². The molecule has 29 heavy (non-hydrogen) atoms. The molecule has 1 amide bonds. The minimum absolute atomic E-state index is 0.144. The van der Waals surface area contributed by atoms with Crippen LogP contribution in [-0.4, -0.2) is 47.9 Å². The highest BCUT2D eigenvalue weighted by Gasteiger charge is 2.23. The Morgan fingerprint density at radius 2 is 1.41 bits per heavy atom. The summed E-state index contributed by atoms with van der Waals surface area (Å²) < 4.78 is 0. The first-order valence-corrected chi connectivity index (χ1v) is 10.8. The van der Waals surface area contributed by atoms with E-state index in [1.54, 1.807) is 0 Å². The van der Waals surface area contributed by atoms with Crippen LogP contribution in [0.1, 0.15) is 30.4 Å². The number of piperidine rings is 1. The maximum Gasteiger partial charge on any atom is 0.247 e. The molecule has 0 spiro atoms. The van der Waals surface area contributed by atoms with E-state index in [4.69, 9.17) is 0 Å². The molecule has 1 saturated heterocycles. The lowest BCUT2D eigenvalue weighted by atomic mass is 10.0. The van der Waals surface area contributed by atoms with E-state index in [0.29, 0.717) is 6.04 Å². The number of benzene rings is 2. The zero-order chi connectivity index (χ0) is 19.9. The van der Waals surface area contributed by atoms with Crippen LogP contribution >= 0.6 is 0 Å². The van der Waals surface area contributed by atoms with Gasteiger partial charge in [-0.15, -0.1) is 0 Å². The summed E-state index contributed by atoms with van der Waals surface area (Å²) >= 11 is 0. The topological polar surface area (TPSA) is 35.6 Å². The van der Waals surface area contributed by atoms with E-state index in [2.05, 4.69) is 75.8 Å². The average molecular weight is 390 g/mol. The van der Waals surface area contributed by atoms with E-state index in [1.165, 1.54) is 11.1 Å². The van der Waals surface area contributed by atoms with Gasteiger partial charge in [0.2, 0.25) is 5.91 Å². The molecule has 4 heteroatoms. The minimum Gasteiger partial charge on any atom is -0.349 e. The third-order valence-electron chi connectivity index (χ3n) is 6.01. The number of hydrogen-bond donors (Lipinski definition) is 1. The summed E-state index contributed by atoms with van der Waals surface area (Å²) in [6, 6.07) is 21.5. The van der Waals surface area contributed by atoms with Crippen molar-refractivity contribution >= 4 is 5.91 Å². The van der Waals surface area contributed by atoms with Crippen molar-refractivity contribution in [2.24, 2.45) is 0 Å². The molecule has 2 heterocycles. The smallest absolute Gasteiger partial charge is 0.247 e. The van der Waals surface area contributed by atoms with Gasteiger partial charge in [0.1, 0.15) is 0 Å². The largest absolute Gasteiger partial charge is 0.349 e. The summed E-state index contributed by atoms with van der Waals surface area (Å²) in [5, 5.41) is 3.29. The fourth-order valence-corrected chi connectivity index (χ4v) is 4.26. The molecule has 0 aromatic heterocycles. The molecule has 0 atom stereocenters. The van der Waals surface area contributed by atoms with E-state index in [9.17, 15) is 4.79 Å². The van der Waals surface area contributed by atoms with Crippen LogP contribution in [0.3, 0.4) is 0 Å². The number of nitrogens with one attached hydrogen (secondary N) is 1. The number of likely N-dealkylation sites (tertiary alicyclic amines) is 1. The Balaban J connectivity index is 1.20. The summed E-state index contributed by atoms with van der Waals surface area (Å²) in [7, 11) is 0. The molecule has 2 aliphatic rings. The van der Waals surface area contributed by atoms with Crippen LogP contribution < -0.4 is 5.32 Å². The Hall–Kier alpha value is -2.43. The predicted octanol–water partition coefficient (Wildman–Crippen LogP) is 3.60. The van der Waals surface area contributed by atoms with Crippen molar-refractivity contribution in [1.82, 2.24) is 15.1 Å². The van der Waals surface area contributed by atoms with Gasteiger partial charge in [-0.1, -0.05) is 66.7 Å². The van der Waals surface area contributed by atoms with Gasteiger partial charge in [-0.3, -0.25) is 14.6 Å². The molecule has 1 N–H and O–H groups in total. The lowest BCUT2D eigenvalue weighted by Gasteiger charge is -2.33. The molecule has 0 radical (unpaired) electrons. The normalized spacial score (nSPS) is 19.0. The molecule has 1 fully saturated rings. The lowest BCUT2D eigenvalue weighted by molar-refractivity contribution is -0.118. The van der Waals surface area contributed by atoms with E-state index < -0.39 is 0 Å². The van der Waals surface area contributed by atoms with Crippen molar-refractivity contribution < 1.29 is 4.79 Å². The van der Waals surface area contributed by atoms with Gasteiger partial charge in [0, 0.05) is 50.9 Å². The number of nitrogens with zero attached hydrogens (tertiary/aromatic N) is 2. The first-order valence-electron chi connectivity index (χ1n) is 10.8. The van der Waals surface area contributed by atoms with E-state index in [0.717, 1.165) is 64.1 Å². The first kappa shape index (κ1) is 19.9.